The second-order valence-corrected chi connectivity index (χ2v) is 4.15. The van der Waals surface area contributed by atoms with Crippen LogP contribution in [0.3, 0.4) is 0 Å². The zero-order valence-corrected chi connectivity index (χ0v) is 8.94. The first-order valence-corrected chi connectivity index (χ1v) is 5.54. The highest BCUT2D eigenvalue weighted by atomic mass is 16.1. The molecule has 0 unspecified atom stereocenters. The van der Waals surface area contributed by atoms with Crippen LogP contribution in [-0.2, 0) is 12.8 Å². The lowest BCUT2D eigenvalue weighted by molar-refractivity contribution is 0.112. The summed E-state index contributed by atoms with van der Waals surface area (Å²) in [5.74, 6) is 0. The van der Waals surface area contributed by atoms with Gasteiger partial charge in [-0.3, -0.25) is 4.79 Å². The smallest absolute Gasteiger partial charge is 0.150 e. The molecular weight excluding hydrogens is 196 g/mol. The van der Waals surface area contributed by atoms with Crippen molar-refractivity contribution >= 4 is 17.1 Å². The lowest BCUT2D eigenvalue weighted by atomic mass is 9.89. The fourth-order valence-electron chi connectivity index (χ4n) is 2.46. The number of carbonyl (C=O) groups is 1. The summed E-state index contributed by atoms with van der Waals surface area (Å²) < 4.78 is 0. The zero-order chi connectivity index (χ0) is 11.0. The molecule has 1 aliphatic carbocycles. The number of allylic oxidation sites excluding steroid dienone is 2. The predicted molar refractivity (Wildman–Crippen MR) is 65.9 cm³/mol. The first kappa shape index (κ1) is 9.34. The molecule has 2 aromatic rings. The predicted octanol–water partition coefficient (Wildman–Crippen LogP) is 3.31. The maximum Gasteiger partial charge on any atom is 0.150 e. The summed E-state index contributed by atoms with van der Waals surface area (Å²) in [7, 11) is 0. The summed E-state index contributed by atoms with van der Waals surface area (Å²) in [6.45, 7) is 0. The molecule has 3 rings (SSSR count). The molecule has 0 amide bonds. The van der Waals surface area contributed by atoms with Gasteiger partial charge in [0, 0.05) is 5.56 Å². The molecule has 0 saturated carbocycles. The Labute approximate surface area is 94.4 Å². The van der Waals surface area contributed by atoms with E-state index in [1.165, 1.54) is 16.5 Å². The van der Waals surface area contributed by atoms with Gasteiger partial charge in [0.25, 0.3) is 0 Å². The van der Waals surface area contributed by atoms with Crippen LogP contribution >= 0.6 is 0 Å². The van der Waals surface area contributed by atoms with Crippen molar-refractivity contribution in [3.05, 3.63) is 59.2 Å². The maximum absolute atomic E-state index is 11.1. The van der Waals surface area contributed by atoms with Gasteiger partial charge in [0.05, 0.1) is 0 Å². The first-order valence-electron chi connectivity index (χ1n) is 5.54. The SMILES string of the molecule is O=Cc1cccc2ccc3c(c12)CC=CC3. The van der Waals surface area contributed by atoms with E-state index in [9.17, 15) is 4.79 Å². The minimum Gasteiger partial charge on any atom is -0.298 e. The quantitative estimate of drug-likeness (QED) is 0.519. The Morgan fingerprint density at radius 3 is 2.75 bits per heavy atom. The maximum atomic E-state index is 11.1. The van der Waals surface area contributed by atoms with E-state index < -0.39 is 0 Å². The number of benzene rings is 2. The van der Waals surface area contributed by atoms with Gasteiger partial charge >= 0.3 is 0 Å². The van der Waals surface area contributed by atoms with Crippen molar-refractivity contribution in [3.63, 3.8) is 0 Å². The minimum absolute atomic E-state index is 0.810. The highest BCUT2D eigenvalue weighted by Crippen LogP contribution is 2.28. The van der Waals surface area contributed by atoms with E-state index in [1.807, 2.05) is 12.1 Å². The molecule has 1 nitrogen and oxygen atoms in total. The van der Waals surface area contributed by atoms with Crippen molar-refractivity contribution in [3.8, 4) is 0 Å². The molecule has 0 atom stereocenters. The topological polar surface area (TPSA) is 17.1 Å². The third-order valence-corrected chi connectivity index (χ3v) is 3.24. The fourth-order valence-corrected chi connectivity index (χ4v) is 2.46. The Balaban J connectivity index is 2.42. The van der Waals surface area contributed by atoms with Gasteiger partial charge < -0.3 is 0 Å². The standard InChI is InChI=1S/C15H12O/c16-10-13-6-3-5-12-9-8-11-4-1-2-7-14(11)15(12)13/h1-3,5-6,8-10H,4,7H2. The minimum atomic E-state index is 0.810. The van der Waals surface area contributed by atoms with Gasteiger partial charge in [-0.15, -0.1) is 0 Å². The second-order valence-electron chi connectivity index (χ2n) is 4.15. The molecule has 16 heavy (non-hydrogen) atoms. The van der Waals surface area contributed by atoms with E-state index in [1.54, 1.807) is 0 Å². The van der Waals surface area contributed by atoms with Crippen LogP contribution in [0.4, 0.5) is 0 Å². The van der Waals surface area contributed by atoms with E-state index in [0.717, 1.165) is 30.1 Å². The molecule has 0 aliphatic heterocycles. The van der Waals surface area contributed by atoms with E-state index >= 15 is 0 Å². The molecule has 0 radical (unpaired) electrons. The summed E-state index contributed by atoms with van der Waals surface area (Å²) in [6.07, 6.45) is 7.26. The molecule has 0 N–H and O–H groups in total. The molecule has 0 fully saturated rings. The van der Waals surface area contributed by atoms with Crippen LogP contribution in [0.25, 0.3) is 10.8 Å². The Kier molecular flexibility index (Phi) is 2.10. The van der Waals surface area contributed by atoms with Crippen LogP contribution in [-0.4, -0.2) is 6.29 Å². The van der Waals surface area contributed by atoms with Crippen LogP contribution in [0.15, 0.2) is 42.5 Å². The zero-order valence-electron chi connectivity index (χ0n) is 8.94. The Hall–Kier alpha value is -1.89. The third-order valence-electron chi connectivity index (χ3n) is 3.24. The van der Waals surface area contributed by atoms with Crippen molar-refractivity contribution in [1.29, 1.82) is 0 Å². The van der Waals surface area contributed by atoms with Gasteiger partial charge in [-0.2, -0.15) is 0 Å². The summed E-state index contributed by atoms with van der Waals surface area (Å²) in [6, 6.07) is 10.2. The van der Waals surface area contributed by atoms with Gasteiger partial charge in [-0.1, -0.05) is 42.5 Å². The normalized spacial score (nSPS) is 13.8. The lowest BCUT2D eigenvalue weighted by Gasteiger charge is -2.15. The molecule has 0 spiro atoms. The van der Waals surface area contributed by atoms with Gasteiger partial charge in [0.15, 0.2) is 6.29 Å². The van der Waals surface area contributed by atoms with Crippen LogP contribution in [0.1, 0.15) is 21.5 Å². The van der Waals surface area contributed by atoms with Crippen molar-refractivity contribution in [1.82, 2.24) is 0 Å². The Bertz CT molecular complexity index is 594. The largest absolute Gasteiger partial charge is 0.298 e. The number of hydrogen-bond acceptors (Lipinski definition) is 1. The average Bonchev–Trinajstić information content (AvgIpc) is 2.37. The van der Waals surface area contributed by atoms with Crippen LogP contribution in [0.5, 0.6) is 0 Å². The third kappa shape index (κ3) is 1.28. The van der Waals surface area contributed by atoms with E-state index in [-0.39, 0.29) is 0 Å². The van der Waals surface area contributed by atoms with E-state index in [0.29, 0.717) is 0 Å². The van der Waals surface area contributed by atoms with Crippen LogP contribution < -0.4 is 0 Å². The molecule has 0 heterocycles. The van der Waals surface area contributed by atoms with Crippen molar-refractivity contribution in [2.45, 2.75) is 12.8 Å². The van der Waals surface area contributed by atoms with Gasteiger partial charge in [0.1, 0.15) is 0 Å². The van der Waals surface area contributed by atoms with Crippen LogP contribution in [0.2, 0.25) is 0 Å². The van der Waals surface area contributed by atoms with Crippen LogP contribution in [0, 0.1) is 0 Å². The van der Waals surface area contributed by atoms with Gasteiger partial charge in [-0.05, 0) is 34.7 Å². The highest BCUT2D eigenvalue weighted by Gasteiger charge is 2.11. The second kappa shape index (κ2) is 3.60. The molecule has 0 aromatic heterocycles. The number of aldehydes is 1. The fraction of sp³-hybridized carbons (Fsp3) is 0.133. The average molecular weight is 208 g/mol. The van der Waals surface area contributed by atoms with Gasteiger partial charge in [0.2, 0.25) is 0 Å². The van der Waals surface area contributed by atoms with Crippen molar-refractivity contribution in [2.75, 3.05) is 0 Å². The number of rotatable bonds is 1. The number of carbonyl (C=O) groups excluding carboxylic acids is 1. The first-order chi connectivity index (χ1) is 7.90. The molecule has 78 valence electrons. The number of hydrogen-bond donors (Lipinski definition) is 0. The van der Waals surface area contributed by atoms with E-state index in [2.05, 4.69) is 30.4 Å². The summed E-state index contributed by atoms with van der Waals surface area (Å²) in [5, 5.41) is 2.30. The molecule has 1 heteroatoms. The lowest BCUT2D eigenvalue weighted by Crippen LogP contribution is -2.00. The molecule has 0 saturated heterocycles. The highest BCUT2D eigenvalue weighted by molar-refractivity contribution is 6.00. The summed E-state index contributed by atoms with van der Waals surface area (Å²) >= 11 is 0. The number of fused-ring (bicyclic) bond motifs is 3. The molecule has 0 bridgehead atoms. The Morgan fingerprint density at radius 1 is 1.00 bits per heavy atom. The molecule has 1 aliphatic rings. The van der Waals surface area contributed by atoms with E-state index in [4.69, 9.17) is 0 Å². The Morgan fingerprint density at radius 2 is 1.88 bits per heavy atom. The molecular formula is C15H12O. The summed E-state index contributed by atoms with van der Waals surface area (Å²) in [4.78, 5) is 11.1. The van der Waals surface area contributed by atoms with Gasteiger partial charge in [-0.25, -0.2) is 0 Å². The monoisotopic (exact) mass is 208 g/mol. The molecule has 2 aromatic carbocycles. The summed E-state index contributed by atoms with van der Waals surface area (Å²) in [5.41, 5.74) is 3.48. The van der Waals surface area contributed by atoms with Crippen molar-refractivity contribution in [2.24, 2.45) is 0 Å². The van der Waals surface area contributed by atoms with Crippen molar-refractivity contribution < 1.29 is 4.79 Å².